The first-order valence-corrected chi connectivity index (χ1v) is 2.74. The summed E-state index contributed by atoms with van der Waals surface area (Å²) in [6.07, 6.45) is 5.61. The molecule has 53 valence electrons. The second-order valence-corrected chi connectivity index (χ2v) is 1.65. The van der Waals surface area contributed by atoms with Gasteiger partial charge >= 0.3 is 0 Å². The van der Waals surface area contributed by atoms with Crippen molar-refractivity contribution in [3.63, 3.8) is 0 Å². The second kappa shape index (κ2) is 7.36. The van der Waals surface area contributed by atoms with Crippen molar-refractivity contribution < 1.29 is 32.7 Å². The van der Waals surface area contributed by atoms with E-state index in [0.717, 1.165) is 6.42 Å². The summed E-state index contributed by atoms with van der Waals surface area (Å²) in [5.41, 5.74) is 1.27. The van der Waals surface area contributed by atoms with Crippen LogP contribution >= 0.6 is 0 Å². The quantitative estimate of drug-likeness (QED) is 0.645. The van der Waals surface area contributed by atoms with Gasteiger partial charge in [-0.3, -0.25) is 0 Å². The zero-order valence-electron chi connectivity index (χ0n) is 6.46. The van der Waals surface area contributed by atoms with E-state index in [1.807, 2.05) is 18.3 Å². The summed E-state index contributed by atoms with van der Waals surface area (Å²) in [5.74, 6) is 0. The van der Waals surface area contributed by atoms with Gasteiger partial charge in [-0.05, 0) is 0 Å². The molecule has 1 aromatic rings. The van der Waals surface area contributed by atoms with E-state index < -0.39 is 0 Å². The molecule has 0 saturated carbocycles. The minimum absolute atomic E-state index is 0. The zero-order chi connectivity index (χ0) is 5.82. The molecule has 0 aliphatic carbocycles. The van der Waals surface area contributed by atoms with Crippen molar-refractivity contribution in [1.82, 2.24) is 4.98 Å². The molecule has 1 heterocycles. The van der Waals surface area contributed by atoms with Gasteiger partial charge in [-0.2, -0.15) is 12.1 Å². The summed E-state index contributed by atoms with van der Waals surface area (Å²) in [7, 11) is 0. The van der Waals surface area contributed by atoms with Crippen LogP contribution in [-0.2, 0) is 39.1 Å². The minimum Gasteiger partial charge on any atom is -0.394 e. The molecule has 0 fully saturated rings. The third-order valence-electron chi connectivity index (χ3n) is 1.09. The maximum Gasteiger partial charge on any atom is 0 e. The first-order chi connectivity index (χ1) is 3.93. The topological polar surface area (TPSA) is 12.9 Å². The van der Waals surface area contributed by atoms with E-state index in [9.17, 15) is 0 Å². The van der Waals surface area contributed by atoms with Crippen LogP contribution in [0.4, 0.5) is 0 Å². The SMILES string of the molecule is CCc1cc[c-]nc1.[CH3-].[Y]. The fourth-order valence-corrected chi connectivity index (χ4v) is 0.560. The normalized spacial score (nSPS) is 7.30. The number of rotatable bonds is 1. The van der Waals surface area contributed by atoms with Crippen molar-refractivity contribution in [1.29, 1.82) is 0 Å². The van der Waals surface area contributed by atoms with Gasteiger partial charge in [-0.25, -0.2) is 0 Å². The van der Waals surface area contributed by atoms with Crippen LogP contribution in [0.25, 0.3) is 0 Å². The molecule has 0 saturated heterocycles. The van der Waals surface area contributed by atoms with E-state index >= 15 is 0 Å². The van der Waals surface area contributed by atoms with Crippen LogP contribution in [-0.4, -0.2) is 4.98 Å². The van der Waals surface area contributed by atoms with Crippen LogP contribution in [0.1, 0.15) is 12.5 Å². The maximum atomic E-state index is 3.83. The molecule has 0 unspecified atom stereocenters. The molecular weight excluding hydrogens is 199 g/mol. The first kappa shape index (κ1) is 12.9. The van der Waals surface area contributed by atoms with Crippen molar-refractivity contribution in [3.05, 3.63) is 37.5 Å². The van der Waals surface area contributed by atoms with E-state index in [1.54, 1.807) is 0 Å². The largest absolute Gasteiger partial charge is 0.394 e. The molecule has 0 aromatic carbocycles. The van der Waals surface area contributed by atoms with Gasteiger partial charge in [-0.1, -0.05) is 25.7 Å². The van der Waals surface area contributed by atoms with Crippen LogP contribution in [0.15, 0.2) is 18.3 Å². The second-order valence-electron chi connectivity index (χ2n) is 1.65. The number of pyridine rings is 1. The Labute approximate surface area is 88.1 Å². The molecule has 1 aromatic heterocycles. The molecule has 10 heavy (non-hydrogen) atoms. The van der Waals surface area contributed by atoms with Gasteiger partial charge in [0.1, 0.15) is 0 Å². The van der Waals surface area contributed by atoms with E-state index in [2.05, 4.69) is 18.1 Å². The average molecular weight is 210 g/mol. The Morgan fingerprint density at radius 2 is 2.30 bits per heavy atom. The standard InChI is InChI=1S/C7H8N.CH3.Y/c1-2-7-4-3-5-8-6-7;;/h3-4,6H,2H2,1H3;1H3;/q2*-1;. The summed E-state index contributed by atoms with van der Waals surface area (Å²) in [4.78, 5) is 3.83. The number of aromatic nitrogens is 1. The van der Waals surface area contributed by atoms with E-state index in [-0.39, 0.29) is 40.1 Å². The summed E-state index contributed by atoms with van der Waals surface area (Å²) in [6, 6.07) is 3.85. The molecule has 0 aliphatic rings. The van der Waals surface area contributed by atoms with E-state index in [4.69, 9.17) is 0 Å². The Morgan fingerprint density at radius 1 is 1.60 bits per heavy atom. The van der Waals surface area contributed by atoms with Crippen molar-refractivity contribution in [2.75, 3.05) is 0 Å². The van der Waals surface area contributed by atoms with Crippen LogP contribution in [0.5, 0.6) is 0 Å². The molecule has 1 rings (SSSR count). The van der Waals surface area contributed by atoms with Crippen molar-refractivity contribution >= 4 is 0 Å². The molecule has 0 aliphatic heterocycles. The van der Waals surface area contributed by atoms with E-state index in [1.165, 1.54) is 5.56 Å². The van der Waals surface area contributed by atoms with Crippen LogP contribution in [0, 0.1) is 13.6 Å². The van der Waals surface area contributed by atoms with Crippen molar-refractivity contribution in [2.24, 2.45) is 0 Å². The van der Waals surface area contributed by atoms with Gasteiger partial charge in [0.2, 0.25) is 0 Å². The predicted octanol–water partition coefficient (Wildman–Crippen LogP) is 1.89. The molecule has 0 N–H and O–H groups in total. The molecule has 0 spiro atoms. The summed E-state index contributed by atoms with van der Waals surface area (Å²) >= 11 is 0. The van der Waals surface area contributed by atoms with Crippen molar-refractivity contribution in [2.45, 2.75) is 13.3 Å². The van der Waals surface area contributed by atoms with Gasteiger partial charge in [-0.15, -0.1) is 5.56 Å². The Morgan fingerprint density at radius 3 is 2.60 bits per heavy atom. The number of nitrogens with zero attached hydrogens (tertiary/aromatic N) is 1. The maximum absolute atomic E-state index is 3.83. The summed E-state index contributed by atoms with van der Waals surface area (Å²) < 4.78 is 0. The Bertz CT molecular complexity index is 151. The molecule has 0 atom stereocenters. The fourth-order valence-electron chi connectivity index (χ4n) is 0.560. The average Bonchev–Trinajstić information content (AvgIpc) is 1.90. The molecule has 1 radical (unpaired) electrons. The molecule has 2 heteroatoms. The monoisotopic (exact) mass is 210 g/mol. The van der Waals surface area contributed by atoms with Crippen LogP contribution in [0.2, 0.25) is 0 Å². The number of hydrogen-bond donors (Lipinski definition) is 0. The molecule has 0 amide bonds. The fraction of sp³-hybridized carbons (Fsp3) is 0.250. The first-order valence-electron chi connectivity index (χ1n) is 2.74. The van der Waals surface area contributed by atoms with Crippen molar-refractivity contribution in [3.8, 4) is 0 Å². The third-order valence-corrected chi connectivity index (χ3v) is 1.09. The van der Waals surface area contributed by atoms with E-state index in [0.29, 0.717) is 0 Å². The van der Waals surface area contributed by atoms with Gasteiger partial charge in [0.25, 0.3) is 0 Å². The van der Waals surface area contributed by atoms with Crippen LogP contribution < -0.4 is 0 Å². The van der Waals surface area contributed by atoms with Gasteiger partial charge < -0.3 is 12.4 Å². The molecule has 1 nitrogen and oxygen atoms in total. The number of aryl methyl sites for hydroxylation is 1. The third kappa shape index (κ3) is 4.13. The summed E-state index contributed by atoms with van der Waals surface area (Å²) in [5, 5.41) is 0. The van der Waals surface area contributed by atoms with Gasteiger partial charge in [0.05, 0.1) is 0 Å². The summed E-state index contributed by atoms with van der Waals surface area (Å²) in [6.45, 7) is 2.11. The molecular formula is C8H11NY-2. The smallest absolute Gasteiger partial charge is 0 e. The Balaban J connectivity index is 0. The predicted molar refractivity (Wildman–Crippen MR) is 38.9 cm³/mol. The minimum atomic E-state index is 0. The van der Waals surface area contributed by atoms with Gasteiger partial charge in [0.15, 0.2) is 0 Å². The van der Waals surface area contributed by atoms with Crippen LogP contribution in [0.3, 0.4) is 0 Å². The molecule has 0 bridgehead atoms. The van der Waals surface area contributed by atoms with Gasteiger partial charge in [0, 0.05) is 32.7 Å². The zero-order valence-corrected chi connectivity index (χ0v) is 9.30. The Hall–Kier alpha value is 0.254. The number of hydrogen-bond acceptors (Lipinski definition) is 1. The Kier molecular flexibility index (Phi) is 9.49.